The number of aliphatic hydroxyl groups excluding tert-OH is 1. The van der Waals surface area contributed by atoms with Crippen LogP contribution >= 0.6 is 0 Å². The summed E-state index contributed by atoms with van der Waals surface area (Å²) in [6, 6.07) is 0. The van der Waals surface area contributed by atoms with Crippen molar-refractivity contribution in [1.82, 2.24) is 0 Å². The van der Waals surface area contributed by atoms with Crippen LogP contribution in [0.5, 0.6) is 0 Å². The predicted molar refractivity (Wildman–Crippen MR) is 72.9 cm³/mol. The van der Waals surface area contributed by atoms with E-state index in [2.05, 4.69) is 6.58 Å². The minimum absolute atomic E-state index is 0.0247. The van der Waals surface area contributed by atoms with E-state index in [1.165, 1.54) is 0 Å². The summed E-state index contributed by atoms with van der Waals surface area (Å²) in [5.41, 5.74) is 0.342. The molecule has 0 saturated heterocycles. The van der Waals surface area contributed by atoms with Crippen molar-refractivity contribution in [3.63, 3.8) is 0 Å². The van der Waals surface area contributed by atoms with E-state index in [0.29, 0.717) is 38.4 Å². The van der Waals surface area contributed by atoms with Gasteiger partial charge in [0.05, 0.1) is 19.3 Å². The lowest BCUT2D eigenvalue weighted by atomic mass is 10.2. The Labute approximate surface area is 115 Å². The van der Waals surface area contributed by atoms with E-state index in [1.54, 1.807) is 6.92 Å². The molecule has 5 nitrogen and oxygen atoms in total. The SMILES string of the molecule is C=C(C)C(=O)OCC(O)CCCCOCCOCC. The fourth-order valence-corrected chi connectivity index (χ4v) is 1.33. The van der Waals surface area contributed by atoms with Crippen LogP contribution in [0.3, 0.4) is 0 Å². The average molecular weight is 274 g/mol. The molecule has 0 saturated carbocycles. The van der Waals surface area contributed by atoms with E-state index in [4.69, 9.17) is 14.2 Å². The largest absolute Gasteiger partial charge is 0.460 e. The van der Waals surface area contributed by atoms with Crippen molar-refractivity contribution in [2.75, 3.05) is 33.0 Å². The maximum Gasteiger partial charge on any atom is 0.333 e. The second kappa shape index (κ2) is 12.1. The minimum atomic E-state index is -0.619. The van der Waals surface area contributed by atoms with Crippen molar-refractivity contribution in [2.24, 2.45) is 0 Å². The molecule has 0 heterocycles. The summed E-state index contributed by atoms with van der Waals surface area (Å²) in [7, 11) is 0. The number of hydrogen-bond donors (Lipinski definition) is 1. The van der Waals surface area contributed by atoms with Crippen molar-refractivity contribution in [1.29, 1.82) is 0 Å². The van der Waals surface area contributed by atoms with Gasteiger partial charge in [0.1, 0.15) is 6.61 Å². The van der Waals surface area contributed by atoms with Crippen LogP contribution < -0.4 is 0 Å². The number of unbranched alkanes of at least 4 members (excludes halogenated alkanes) is 1. The number of aliphatic hydroxyl groups is 1. The van der Waals surface area contributed by atoms with Crippen molar-refractivity contribution in [3.05, 3.63) is 12.2 Å². The van der Waals surface area contributed by atoms with Gasteiger partial charge in [-0.25, -0.2) is 4.79 Å². The van der Waals surface area contributed by atoms with Gasteiger partial charge in [0.2, 0.25) is 0 Å². The molecular formula is C14H26O5. The van der Waals surface area contributed by atoms with Crippen LogP contribution in [0.4, 0.5) is 0 Å². The standard InChI is InChI=1S/C14H26O5/c1-4-17-9-10-18-8-6-5-7-13(15)11-19-14(16)12(2)3/h13,15H,2,4-11H2,1,3H3. The summed E-state index contributed by atoms with van der Waals surface area (Å²) >= 11 is 0. The Hall–Kier alpha value is -0.910. The Morgan fingerprint density at radius 1 is 1.21 bits per heavy atom. The van der Waals surface area contributed by atoms with Crippen molar-refractivity contribution >= 4 is 5.97 Å². The number of ether oxygens (including phenoxy) is 3. The lowest BCUT2D eigenvalue weighted by Gasteiger charge is -2.11. The first-order valence-corrected chi connectivity index (χ1v) is 6.74. The van der Waals surface area contributed by atoms with Crippen LogP contribution in [0.25, 0.3) is 0 Å². The highest BCUT2D eigenvalue weighted by molar-refractivity contribution is 5.86. The first-order valence-electron chi connectivity index (χ1n) is 6.74. The van der Waals surface area contributed by atoms with Crippen molar-refractivity contribution in [2.45, 2.75) is 39.2 Å². The van der Waals surface area contributed by atoms with Gasteiger partial charge in [-0.1, -0.05) is 6.58 Å². The molecule has 1 unspecified atom stereocenters. The van der Waals surface area contributed by atoms with E-state index in [1.807, 2.05) is 6.92 Å². The third-order valence-corrected chi connectivity index (χ3v) is 2.41. The highest BCUT2D eigenvalue weighted by atomic mass is 16.5. The molecule has 0 spiro atoms. The van der Waals surface area contributed by atoms with Crippen LogP contribution in [0.2, 0.25) is 0 Å². The van der Waals surface area contributed by atoms with Gasteiger partial charge in [-0.3, -0.25) is 0 Å². The zero-order chi connectivity index (χ0) is 14.5. The first kappa shape index (κ1) is 18.1. The lowest BCUT2D eigenvalue weighted by Crippen LogP contribution is -2.19. The van der Waals surface area contributed by atoms with E-state index in [-0.39, 0.29) is 6.61 Å². The third kappa shape index (κ3) is 11.9. The monoisotopic (exact) mass is 274 g/mol. The molecule has 0 aromatic rings. The molecule has 0 aliphatic rings. The fourth-order valence-electron chi connectivity index (χ4n) is 1.33. The summed E-state index contributed by atoms with van der Waals surface area (Å²) in [5.74, 6) is -0.460. The van der Waals surface area contributed by atoms with Gasteiger partial charge in [0.15, 0.2) is 0 Å². The van der Waals surface area contributed by atoms with E-state index in [9.17, 15) is 9.90 Å². The Bertz CT molecular complexity index is 252. The normalized spacial score (nSPS) is 12.2. The number of carbonyl (C=O) groups excluding carboxylic acids is 1. The van der Waals surface area contributed by atoms with E-state index < -0.39 is 12.1 Å². The molecule has 0 rings (SSSR count). The van der Waals surface area contributed by atoms with Gasteiger partial charge < -0.3 is 19.3 Å². The predicted octanol–water partition coefficient (Wildman–Crippen LogP) is 1.69. The molecule has 1 atom stereocenters. The molecule has 0 aliphatic carbocycles. The molecule has 0 aromatic carbocycles. The summed E-state index contributed by atoms with van der Waals surface area (Å²) in [5, 5.41) is 9.58. The molecule has 1 N–H and O–H groups in total. The summed E-state index contributed by atoms with van der Waals surface area (Å²) in [6.45, 7) is 9.61. The molecule has 19 heavy (non-hydrogen) atoms. The Morgan fingerprint density at radius 3 is 2.53 bits per heavy atom. The lowest BCUT2D eigenvalue weighted by molar-refractivity contribution is -0.142. The highest BCUT2D eigenvalue weighted by Crippen LogP contribution is 2.03. The minimum Gasteiger partial charge on any atom is -0.460 e. The quantitative estimate of drug-likeness (QED) is 0.333. The average Bonchev–Trinajstić information content (AvgIpc) is 2.38. The topological polar surface area (TPSA) is 65.0 Å². The number of rotatable bonds is 12. The molecule has 0 fully saturated rings. The van der Waals surface area contributed by atoms with Gasteiger partial charge in [0.25, 0.3) is 0 Å². The van der Waals surface area contributed by atoms with Crippen LogP contribution in [0, 0.1) is 0 Å². The molecule has 0 aromatic heterocycles. The van der Waals surface area contributed by atoms with Gasteiger partial charge in [-0.05, 0) is 33.1 Å². The van der Waals surface area contributed by atoms with Crippen LogP contribution in [0.15, 0.2) is 12.2 Å². The fraction of sp³-hybridized carbons (Fsp3) is 0.786. The smallest absolute Gasteiger partial charge is 0.333 e. The van der Waals surface area contributed by atoms with E-state index in [0.717, 1.165) is 12.8 Å². The van der Waals surface area contributed by atoms with Crippen LogP contribution in [-0.4, -0.2) is 50.2 Å². The Kier molecular flexibility index (Phi) is 11.6. The maximum atomic E-state index is 11.1. The van der Waals surface area contributed by atoms with Gasteiger partial charge in [0, 0.05) is 18.8 Å². The summed E-state index contributed by atoms with van der Waals surface area (Å²) in [4.78, 5) is 11.1. The van der Waals surface area contributed by atoms with Gasteiger partial charge in [-0.15, -0.1) is 0 Å². The Balaban J connectivity index is 3.31. The number of hydrogen-bond acceptors (Lipinski definition) is 5. The Morgan fingerprint density at radius 2 is 1.89 bits per heavy atom. The second-order valence-corrected chi connectivity index (χ2v) is 4.34. The number of esters is 1. The maximum absolute atomic E-state index is 11.1. The van der Waals surface area contributed by atoms with E-state index >= 15 is 0 Å². The molecule has 5 heteroatoms. The van der Waals surface area contributed by atoms with Crippen LogP contribution in [-0.2, 0) is 19.0 Å². The zero-order valence-corrected chi connectivity index (χ0v) is 12.0. The molecule has 112 valence electrons. The zero-order valence-electron chi connectivity index (χ0n) is 12.0. The number of carbonyl (C=O) groups is 1. The molecule has 0 aliphatic heterocycles. The van der Waals surface area contributed by atoms with Crippen molar-refractivity contribution < 1.29 is 24.1 Å². The second-order valence-electron chi connectivity index (χ2n) is 4.34. The molecule has 0 amide bonds. The highest BCUT2D eigenvalue weighted by Gasteiger charge is 2.08. The van der Waals surface area contributed by atoms with Crippen LogP contribution in [0.1, 0.15) is 33.1 Å². The first-order chi connectivity index (χ1) is 9.07. The summed E-state index contributed by atoms with van der Waals surface area (Å²) < 4.78 is 15.3. The van der Waals surface area contributed by atoms with Crippen molar-refractivity contribution in [3.8, 4) is 0 Å². The van der Waals surface area contributed by atoms with Gasteiger partial charge in [-0.2, -0.15) is 0 Å². The third-order valence-electron chi connectivity index (χ3n) is 2.41. The summed E-state index contributed by atoms with van der Waals surface area (Å²) in [6.07, 6.45) is 1.68. The molecule has 0 radical (unpaired) electrons. The molecule has 0 bridgehead atoms. The van der Waals surface area contributed by atoms with Gasteiger partial charge >= 0.3 is 5.97 Å². The molecular weight excluding hydrogens is 248 g/mol.